The number of ether oxygens (including phenoxy) is 2. The van der Waals surface area contributed by atoms with Gasteiger partial charge in [-0.1, -0.05) is 50.1 Å². The Morgan fingerprint density at radius 3 is 2.37 bits per heavy atom. The Kier molecular flexibility index (Phi) is 8.41. The van der Waals surface area contributed by atoms with Gasteiger partial charge in [-0.3, -0.25) is 4.99 Å². The number of nitrogens with zero attached hydrogens (tertiary/aromatic N) is 4. The molecule has 1 aliphatic heterocycles. The molecule has 38 heavy (non-hydrogen) atoms. The minimum atomic E-state index is -0.665. The summed E-state index contributed by atoms with van der Waals surface area (Å²) in [7, 11) is 0. The van der Waals surface area contributed by atoms with Gasteiger partial charge in [0.25, 0.3) is 0 Å². The van der Waals surface area contributed by atoms with Gasteiger partial charge in [0.15, 0.2) is 6.04 Å². The quantitative estimate of drug-likeness (QED) is 0.201. The van der Waals surface area contributed by atoms with E-state index < -0.39 is 18.0 Å². The van der Waals surface area contributed by atoms with Gasteiger partial charge in [0, 0.05) is 24.0 Å². The number of benzene rings is 2. The lowest BCUT2D eigenvalue weighted by Crippen LogP contribution is -2.49. The number of rotatable bonds is 9. The van der Waals surface area contributed by atoms with E-state index in [9.17, 15) is 9.59 Å². The lowest BCUT2D eigenvalue weighted by Gasteiger charge is -2.36. The molecule has 198 valence electrons. The van der Waals surface area contributed by atoms with Crippen LogP contribution in [-0.4, -0.2) is 44.9 Å². The van der Waals surface area contributed by atoms with Crippen molar-refractivity contribution >= 4 is 17.7 Å². The molecule has 0 saturated carbocycles. The van der Waals surface area contributed by atoms with Crippen molar-refractivity contribution in [2.45, 2.75) is 59.9 Å². The number of unbranched alkanes of at least 4 members (excludes halogenated alkanes) is 2. The Morgan fingerprint density at radius 1 is 0.921 bits per heavy atom. The number of hydrogen-bond acceptors (Lipinski definition) is 7. The van der Waals surface area contributed by atoms with Crippen LogP contribution in [0.3, 0.4) is 0 Å². The average molecular weight is 515 g/mol. The van der Waals surface area contributed by atoms with Crippen LogP contribution >= 0.6 is 0 Å². The Balaban J connectivity index is 1.57. The number of hydrogen-bond donors (Lipinski definition) is 0. The zero-order chi connectivity index (χ0) is 27.2. The minimum Gasteiger partial charge on any atom is -0.424 e. The predicted molar refractivity (Wildman–Crippen MR) is 147 cm³/mol. The van der Waals surface area contributed by atoms with Gasteiger partial charge in [0.1, 0.15) is 11.3 Å². The van der Waals surface area contributed by atoms with Crippen molar-refractivity contribution in [3.63, 3.8) is 0 Å². The summed E-state index contributed by atoms with van der Waals surface area (Å²) in [5.41, 5.74) is 4.10. The topological polar surface area (TPSA) is 86.0 Å². The average Bonchev–Trinajstić information content (AvgIpc) is 3.27. The highest BCUT2D eigenvalue weighted by Crippen LogP contribution is 2.27. The largest absolute Gasteiger partial charge is 0.424 e. The summed E-state index contributed by atoms with van der Waals surface area (Å²) in [5, 5.41) is 4.45. The molecule has 1 atom stereocenters. The van der Waals surface area contributed by atoms with E-state index in [1.807, 2.05) is 58.0 Å². The van der Waals surface area contributed by atoms with Crippen molar-refractivity contribution in [3.8, 4) is 17.3 Å². The van der Waals surface area contributed by atoms with Crippen molar-refractivity contribution < 1.29 is 19.1 Å². The van der Waals surface area contributed by atoms with E-state index in [0.29, 0.717) is 11.4 Å². The molecule has 0 bridgehead atoms. The molecule has 3 aromatic rings. The first kappa shape index (κ1) is 26.9. The molecule has 2 aromatic carbocycles. The molecular formula is C30H34N4O4. The first-order chi connectivity index (χ1) is 18.3. The maximum atomic E-state index is 13.5. The Hall–Kier alpha value is -4.20. The van der Waals surface area contributed by atoms with E-state index in [0.717, 1.165) is 42.9 Å². The standard InChI is InChI=1S/C30H34N4O4/c1-6-7-13-18-33-23(5)21(3)31-22(4)28(33)30(36)37-26-17-12-11-16-25(26)29(35)38-27-19-20(2)32-34(27)24-14-9-8-10-15-24/h8-12,14-17,19,28H,6-7,13,18H2,1-5H3. The normalized spacial score (nSPS) is 15.3. The van der Waals surface area contributed by atoms with E-state index in [2.05, 4.69) is 21.9 Å². The molecule has 0 saturated heterocycles. The van der Waals surface area contributed by atoms with Gasteiger partial charge in [0.05, 0.1) is 17.1 Å². The van der Waals surface area contributed by atoms with E-state index in [1.54, 1.807) is 35.0 Å². The number of aromatic nitrogens is 2. The summed E-state index contributed by atoms with van der Waals surface area (Å²) in [6, 6.07) is 17.0. The van der Waals surface area contributed by atoms with Gasteiger partial charge in [-0.15, -0.1) is 0 Å². The van der Waals surface area contributed by atoms with Crippen molar-refractivity contribution in [1.29, 1.82) is 0 Å². The zero-order valence-electron chi connectivity index (χ0n) is 22.6. The van der Waals surface area contributed by atoms with Crippen LogP contribution in [0.5, 0.6) is 11.6 Å². The number of carbonyl (C=O) groups excluding carboxylic acids is 2. The van der Waals surface area contributed by atoms with Crippen LogP contribution in [0, 0.1) is 6.92 Å². The Labute approximate surface area is 223 Å². The molecule has 0 radical (unpaired) electrons. The number of para-hydroxylation sites is 2. The summed E-state index contributed by atoms with van der Waals surface area (Å²) >= 11 is 0. The summed E-state index contributed by atoms with van der Waals surface area (Å²) in [4.78, 5) is 33.4. The fraction of sp³-hybridized carbons (Fsp3) is 0.333. The number of esters is 2. The zero-order valence-corrected chi connectivity index (χ0v) is 22.6. The third-order valence-corrected chi connectivity index (χ3v) is 6.55. The molecule has 0 aliphatic carbocycles. The van der Waals surface area contributed by atoms with Crippen LogP contribution < -0.4 is 9.47 Å². The first-order valence-corrected chi connectivity index (χ1v) is 12.9. The first-order valence-electron chi connectivity index (χ1n) is 12.9. The second-order valence-electron chi connectivity index (χ2n) is 9.41. The Bertz CT molecular complexity index is 1370. The molecule has 8 heteroatoms. The molecule has 4 rings (SSSR count). The molecule has 0 spiro atoms. The molecule has 2 heterocycles. The van der Waals surface area contributed by atoms with Crippen molar-refractivity contribution in [1.82, 2.24) is 14.7 Å². The molecule has 0 N–H and O–H groups in total. The van der Waals surface area contributed by atoms with Crippen LogP contribution in [0.2, 0.25) is 0 Å². The van der Waals surface area contributed by atoms with Gasteiger partial charge >= 0.3 is 11.9 Å². The van der Waals surface area contributed by atoms with E-state index in [1.165, 1.54) is 0 Å². The second kappa shape index (κ2) is 11.9. The third kappa shape index (κ3) is 5.85. The van der Waals surface area contributed by atoms with E-state index in [-0.39, 0.29) is 17.2 Å². The summed E-state index contributed by atoms with van der Waals surface area (Å²) in [6.07, 6.45) is 3.10. The highest BCUT2D eigenvalue weighted by Gasteiger charge is 2.34. The van der Waals surface area contributed by atoms with Crippen molar-refractivity contribution in [2.24, 2.45) is 4.99 Å². The second-order valence-corrected chi connectivity index (χ2v) is 9.41. The molecule has 8 nitrogen and oxygen atoms in total. The molecular weight excluding hydrogens is 480 g/mol. The third-order valence-electron chi connectivity index (χ3n) is 6.55. The molecule has 0 amide bonds. The summed E-state index contributed by atoms with van der Waals surface area (Å²) < 4.78 is 13.2. The molecule has 1 aliphatic rings. The van der Waals surface area contributed by atoms with Crippen molar-refractivity contribution in [3.05, 3.63) is 83.3 Å². The lowest BCUT2D eigenvalue weighted by atomic mass is 10.1. The molecule has 0 fully saturated rings. The fourth-order valence-corrected chi connectivity index (χ4v) is 4.50. The van der Waals surface area contributed by atoms with Crippen LogP contribution in [0.4, 0.5) is 0 Å². The monoisotopic (exact) mass is 514 g/mol. The molecule has 1 aromatic heterocycles. The number of allylic oxidation sites excluding steroid dienone is 2. The smallest absolute Gasteiger partial charge is 0.348 e. The fourth-order valence-electron chi connectivity index (χ4n) is 4.50. The van der Waals surface area contributed by atoms with Crippen LogP contribution in [0.25, 0.3) is 5.69 Å². The number of aliphatic imine (C=N–C) groups is 1. The highest BCUT2D eigenvalue weighted by molar-refractivity contribution is 6.07. The van der Waals surface area contributed by atoms with Gasteiger partial charge in [-0.25, -0.2) is 14.3 Å². The van der Waals surface area contributed by atoms with E-state index in [4.69, 9.17) is 9.47 Å². The van der Waals surface area contributed by atoms with Gasteiger partial charge in [-0.2, -0.15) is 5.10 Å². The van der Waals surface area contributed by atoms with Crippen LogP contribution in [0.1, 0.15) is 63.0 Å². The summed E-state index contributed by atoms with van der Waals surface area (Å²) in [6.45, 7) is 10.4. The number of aryl methyl sites for hydroxylation is 1. The Morgan fingerprint density at radius 2 is 1.63 bits per heavy atom. The lowest BCUT2D eigenvalue weighted by molar-refractivity contribution is -0.137. The maximum Gasteiger partial charge on any atom is 0.348 e. The van der Waals surface area contributed by atoms with Gasteiger partial charge in [-0.05, 0) is 58.4 Å². The van der Waals surface area contributed by atoms with E-state index >= 15 is 0 Å². The van der Waals surface area contributed by atoms with Crippen LogP contribution in [-0.2, 0) is 4.79 Å². The minimum absolute atomic E-state index is 0.134. The SMILES string of the molecule is CCCCCN1C(C)=C(C)N=C(C)C1C(=O)Oc1ccccc1C(=O)Oc1cc(C)nn1-c1ccccc1. The maximum absolute atomic E-state index is 13.5. The predicted octanol–water partition coefficient (Wildman–Crippen LogP) is 5.89. The number of carbonyl (C=O) groups is 2. The van der Waals surface area contributed by atoms with Gasteiger partial charge in [0.2, 0.25) is 5.88 Å². The van der Waals surface area contributed by atoms with Crippen molar-refractivity contribution in [2.75, 3.05) is 6.54 Å². The van der Waals surface area contributed by atoms with Gasteiger partial charge < -0.3 is 14.4 Å². The summed E-state index contributed by atoms with van der Waals surface area (Å²) in [5.74, 6) is -0.727. The van der Waals surface area contributed by atoms with Crippen LogP contribution in [0.15, 0.2) is 77.1 Å². The molecule has 1 unspecified atom stereocenters. The highest BCUT2D eigenvalue weighted by atomic mass is 16.6.